The summed E-state index contributed by atoms with van der Waals surface area (Å²) in [5.74, 6) is 0.210. The van der Waals surface area contributed by atoms with Crippen LogP contribution in [0.2, 0.25) is 0 Å². The molecule has 1 heterocycles. The van der Waals surface area contributed by atoms with Gasteiger partial charge in [-0.15, -0.1) is 0 Å². The second-order valence-electron chi connectivity index (χ2n) is 7.66. The number of hydrogen-bond acceptors (Lipinski definition) is 2. The van der Waals surface area contributed by atoms with Gasteiger partial charge >= 0.3 is 0 Å². The lowest BCUT2D eigenvalue weighted by Crippen LogP contribution is -2.48. The van der Waals surface area contributed by atoms with Gasteiger partial charge in [0.1, 0.15) is 0 Å². The molecule has 136 valence electrons. The molecule has 1 fully saturated rings. The molecule has 2 aliphatic rings. The molecule has 2 aromatic rings. The van der Waals surface area contributed by atoms with E-state index in [1.807, 2.05) is 42.3 Å². The maximum atomic E-state index is 13.1. The van der Waals surface area contributed by atoms with Crippen LogP contribution in [0.3, 0.4) is 0 Å². The molecule has 0 saturated carbocycles. The first-order valence-corrected chi connectivity index (χ1v) is 9.85. The van der Waals surface area contributed by atoms with Gasteiger partial charge in [-0.3, -0.25) is 9.69 Å². The summed E-state index contributed by atoms with van der Waals surface area (Å²) in [7, 11) is 2.00. The number of carbonyl (C=O) groups excluding carboxylic acids is 1. The third-order valence-corrected chi connectivity index (χ3v) is 6.07. The summed E-state index contributed by atoms with van der Waals surface area (Å²) in [6, 6.07) is 19.4. The van der Waals surface area contributed by atoms with Crippen molar-refractivity contribution >= 4 is 5.91 Å². The van der Waals surface area contributed by atoms with Crippen LogP contribution < -0.4 is 0 Å². The Hall–Kier alpha value is -2.13. The molecule has 0 radical (unpaired) electrons. The van der Waals surface area contributed by atoms with Crippen LogP contribution in [0.25, 0.3) is 0 Å². The minimum Gasteiger partial charge on any atom is -0.337 e. The standard InChI is InChI=1S/C23H28N2O/c1-24(22(26)17-18-9-3-2-4-10-18)23-20-12-6-5-11-19(20)13-14-21(23)25-15-7-8-16-25/h2-6,9-12,21,23H,7-8,13-17H2,1H3. The molecule has 0 bridgehead atoms. The van der Waals surface area contributed by atoms with Gasteiger partial charge < -0.3 is 4.90 Å². The van der Waals surface area contributed by atoms with Crippen LogP contribution in [-0.2, 0) is 17.6 Å². The van der Waals surface area contributed by atoms with Gasteiger partial charge in [-0.1, -0.05) is 54.6 Å². The average Bonchev–Trinajstić information content (AvgIpc) is 3.22. The number of rotatable bonds is 4. The zero-order chi connectivity index (χ0) is 17.9. The average molecular weight is 348 g/mol. The summed E-state index contributed by atoms with van der Waals surface area (Å²) in [4.78, 5) is 17.7. The van der Waals surface area contributed by atoms with Crippen LogP contribution in [0, 0.1) is 0 Å². The third kappa shape index (κ3) is 3.41. The number of fused-ring (bicyclic) bond motifs is 1. The minimum absolute atomic E-state index is 0.161. The van der Waals surface area contributed by atoms with E-state index < -0.39 is 0 Å². The normalized spacial score (nSPS) is 22.8. The Morgan fingerprint density at radius 3 is 2.50 bits per heavy atom. The van der Waals surface area contributed by atoms with Crippen molar-refractivity contribution in [1.29, 1.82) is 0 Å². The molecule has 1 amide bonds. The van der Waals surface area contributed by atoms with Crippen LogP contribution in [0.15, 0.2) is 54.6 Å². The van der Waals surface area contributed by atoms with Gasteiger partial charge in [0.25, 0.3) is 0 Å². The predicted molar refractivity (Wildman–Crippen MR) is 105 cm³/mol. The molecule has 4 rings (SSSR count). The van der Waals surface area contributed by atoms with Crippen molar-refractivity contribution < 1.29 is 4.79 Å². The molecule has 2 aromatic carbocycles. The number of likely N-dealkylation sites (N-methyl/N-ethyl adjacent to an activating group) is 1. The highest BCUT2D eigenvalue weighted by molar-refractivity contribution is 5.79. The molecule has 3 heteroatoms. The Bertz CT molecular complexity index is 752. The predicted octanol–water partition coefficient (Wildman–Crippen LogP) is 3.84. The van der Waals surface area contributed by atoms with Crippen molar-refractivity contribution in [3.05, 3.63) is 71.3 Å². The highest BCUT2D eigenvalue weighted by Gasteiger charge is 2.38. The van der Waals surface area contributed by atoms with E-state index >= 15 is 0 Å². The van der Waals surface area contributed by atoms with Crippen molar-refractivity contribution in [3.8, 4) is 0 Å². The van der Waals surface area contributed by atoms with Crippen molar-refractivity contribution in [3.63, 3.8) is 0 Å². The van der Waals surface area contributed by atoms with Crippen LogP contribution in [0.4, 0.5) is 0 Å². The van der Waals surface area contributed by atoms with Gasteiger partial charge in [0.15, 0.2) is 0 Å². The summed E-state index contributed by atoms with van der Waals surface area (Å²) in [5.41, 5.74) is 3.85. The quantitative estimate of drug-likeness (QED) is 0.838. The van der Waals surface area contributed by atoms with Crippen LogP contribution in [0.1, 0.15) is 42.0 Å². The van der Waals surface area contributed by atoms with E-state index in [1.165, 1.54) is 37.1 Å². The Kier molecular flexibility index (Phi) is 5.07. The fraction of sp³-hybridized carbons (Fsp3) is 0.435. The molecule has 0 N–H and O–H groups in total. The molecule has 1 aliphatic heterocycles. The number of hydrogen-bond donors (Lipinski definition) is 0. The molecular weight excluding hydrogens is 320 g/mol. The number of carbonyl (C=O) groups is 1. The van der Waals surface area contributed by atoms with Gasteiger partial charge in [0, 0.05) is 13.1 Å². The lowest BCUT2D eigenvalue weighted by atomic mass is 9.82. The molecule has 26 heavy (non-hydrogen) atoms. The SMILES string of the molecule is CN(C(=O)Cc1ccccc1)C1c2ccccc2CCC1N1CCCC1. The second-order valence-corrected chi connectivity index (χ2v) is 7.66. The topological polar surface area (TPSA) is 23.6 Å². The number of likely N-dealkylation sites (tertiary alicyclic amines) is 1. The molecule has 2 atom stereocenters. The molecule has 1 aliphatic carbocycles. The van der Waals surface area contributed by atoms with E-state index in [4.69, 9.17) is 0 Å². The summed E-state index contributed by atoms with van der Waals surface area (Å²) < 4.78 is 0. The van der Waals surface area contributed by atoms with E-state index in [2.05, 4.69) is 29.2 Å². The highest BCUT2D eigenvalue weighted by atomic mass is 16.2. The maximum Gasteiger partial charge on any atom is 0.227 e. The van der Waals surface area contributed by atoms with Crippen LogP contribution in [0.5, 0.6) is 0 Å². The first-order chi connectivity index (χ1) is 12.7. The second kappa shape index (κ2) is 7.63. The third-order valence-electron chi connectivity index (χ3n) is 6.07. The Morgan fingerprint density at radius 2 is 1.73 bits per heavy atom. The van der Waals surface area contributed by atoms with Crippen molar-refractivity contribution in [1.82, 2.24) is 9.80 Å². The molecule has 1 saturated heterocycles. The number of aryl methyl sites for hydroxylation is 1. The van der Waals surface area contributed by atoms with Gasteiger partial charge in [0.2, 0.25) is 5.91 Å². The molecule has 0 spiro atoms. The smallest absolute Gasteiger partial charge is 0.227 e. The number of amides is 1. The number of nitrogens with zero attached hydrogens (tertiary/aromatic N) is 2. The summed E-state index contributed by atoms with van der Waals surface area (Å²) >= 11 is 0. The largest absolute Gasteiger partial charge is 0.337 e. The Morgan fingerprint density at radius 1 is 1.04 bits per heavy atom. The summed E-state index contributed by atoms with van der Waals surface area (Å²) in [6.07, 6.45) is 5.31. The molecule has 2 unspecified atom stereocenters. The fourth-order valence-electron chi connectivity index (χ4n) is 4.69. The van der Waals surface area contributed by atoms with Crippen LogP contribution in [-0.4, -0.2) is 41.9 Å². The minimum atomic E-state index is 0.161. The van der Waals surface area contributed by atoms with Crippen molar-refractivity contribution in [2.24, 2.45) is 0 Å². The maximum absolute atomic E-state index is 13.1. The molecule has 3 nitrogen and oxygen atoms in total. The van der Waals surface area contributed by atoms with E-state index in [1.54, 1.807) is 0 Å². The van der Waals surface area contributed by atoms with Gasteiger partial charge in [-0.05, 0) is 55.5 Å². The Balaban J connectivity index is 1.61. The van der Waals surface area contributed by atoms with E-state index in [0.717, 1.165) is 18.4 Å². The first kappa shape index (κ1) is 17.3. The van der Waals surface area contributed by atoms with Gasteiger partial charge in [-0.2, -0.15) is 0 Å². The lowest BCUT2D eigenvalue weighted by Gasteiger charge is -2.43. The van der Waals surface area contributed by atoms with Crippen molar-refractivity contribution in [2.75, 3.05) is 20.1 Å². The van der Waals surface area contributed by atoms with E-state index in [-0.39, 0.29) is 11.9 Å². The van der Waals surface area contributed by atoms with E-state index in [9.17, 15) is 4.79 Å². The van der Waals surface area contributed by atoms with Gasteiger partial charge in [0.05, 0.1) is 12.5 Å². The fourth-order valence-corrected chi connectivity index (χ4v) is 4.69. The Labute approximate surface area is 156 Å². The highest BCUT2D eigenvalue weighted by Crippen LogP contribution is 2.38. The zero-order valence-corrected chi connectivity index (χ0v) is 15.6. The van der Waals surface area contributed by atoms with Crippen molar-refractivity contribution in [2.45, 2.75) is 44.2 Å². The first-order valence-electron chi connectivity index (χ1n) is 9.85. The van der Waals surface area contributed by atoms with Crippen LogP contribution >= 0.6 is 0 Å². The van der Waals surface area contributed by atoms with Gasteiger partial charge in [-0.25, -0.2) is 0 Å². The zero-order valence-electron chi connectivity index (χ0n) is 15.6. The summed E-state index contributed by atoms with van der Waals surface area (Å²) in [5, 5.41) is 0. The summed E-state index contributed by atoms with van der Waals surface area (Å²) in [6.45, 7) is 2.34. The van der Waals surface area contributed by atoms with E-state index in [0.29, 0.717) is 12.5 Å². The lowest BCUT2D eigenvalue weighted by molar-refractivity contribution is -0.133. The number of benzene rings is 2. The molecule has 0 aromatic heterocycles. The molecular formula is C23H28N2O. The monoisotopic (exact) mass is 348 g/mol.